The Hall–Kier alpha value is -3.75. The fourth-order valence-electron chi connectivity index (χ4n) is 11.2. The monoisotopic (exact) mass is 1020 g/mol. The Labute approximate surface area is 408 Å². The largest absolute Gasteiger partial charge is 0.501 e. The summed E-state index contributed by atoms with van der Waals surface area (Å²) < 4.78 is 126. The fourth-order valence-corrected chi connectivity index (χ4v) is 14.3. The summed E-state index contributed by atoms with van der Waals surface area (Å²) >= 11 is 1.46. The molecule has 9 rings (SSSR count). The van der Waals surface area contributed by atoms with Crippen molar-refractivity contribution in [3.8, 4) is 0 Å². The van der Waals surface area contributed by atoms with Gasteiger partial charge in [-0.25, -0.2) is 30.3 Å². The van der Waals surface area contributed by atoms with Crippen LogP contribution in [-0.2, 0) is 19.9 Å². The highest BCUT2D eigenvalue weighted by molar-refractivity contribution is 7.99. The van der Waals surface area contributed by atoms with Crippen molar-refractivity contribution in [1.29, 1.82) is 0 Å². The van der Waals surface area contributed by atoms with Crippen LogP contribution < -0.4 is 14.9 Å². The second-order valence-corrected chi connectivity index (χ2v) is 25.7. The molecule has 1 atom stereocenters. The highest BCUT2D eigenvalue weighted by Gasteiger charge is 2.73. The number of sulfonamides is 1. The molecule has 2 heterocycles. The molecule has 0 aromatic heterocycles. The number of carbonyl (C=O) groups is 1. The van der Waals surface area contributed by atoms with Gasteiger partial charge in [0.05, 0.1) is 10.6 Å². The van der Waals surface area contributed by atoms with Gasteiger partial charge in [0.25, 0.3) is 25.8 Å². The predicted molar refractivity (Wildman–Crippen MR) is 261 cm³/mol. The van der Waals surface area contributed by atoms with Gasteiger partial charge in [0.15, 0.2) is 0 Å². The van der Waals surface area contributed by atoms with Crippen LogP contribution in [0.1, 0.15) is 82.0 Å². The highest BCUT2D eigenvalue weighted by Crippen LogP contribution is 2.79. The van der Waals surface area contributed by atoms with Gasteiger partial charge in [0.1, 0.15) is 4.90 Å². The molecule has 0 spiro atoms. The third-order valence-corrected chi connectivity index (χ3v) is 19.4. The number of hydrogen-bond acceptors (Lipinski definition) is 11. The smallest absolute Gasteiger partial charge is 0.380 e. The molecule has 6 aliphatic rings. The van der Waals surface area contributed by atoms with E-state index in [1.54, 1.807) is 12.1 Å². The summed E-state index contributed by atoms with van der Waals surface area (Å²) in [7, 11) is -6.84. The molecule has 2 N–H and O–H groups in total. The highest BCUT2D eigenvalue weighted by atomic mass is 32.2. The topological polar surface area (TPSA) is 122 Å². The van der Waals surface area contributed by atoms with Crippen molar-refractivity contribution in [2.75, 3.05) is 82.4 Å². The maximum Gasteiger partial charge on any atom is 0.501 e. The van der Waals surface area contributed by atoms with Crippen molar-refractivity contribution in [3.05, 3.63) is 89.5 Å². The average molecular weight is 1020 g/mol. The van der Waals surface area contributed by atoms with Crippen LogP contribution in [0, 0.1) is 16.2 Å². The number of hydrogen-bond donors (Lipinski definition) is 2. The lowest BCUT2D eigenvalue weighted by molar-refractivity contribution is -0.250. The van der Waals surface area contributed by atoms with E-state index in [4.69, 9.17) is 0 Å². The number of benzene rings is 3. The van der Waals surface area contributed by atoms with Crippen LogP contribution in [0.5, 0.6) is 0 Å². The van der Waals surface area contributed by atoms with Crippen molar-refractivity contribution in [1.82, 2.24) is 19.4 Å². The van der Waals surface area contributed by atoms with Gasteiger partial charge in [-0.3, -0.25) is 9.69 Å². The van der Waals surface area contributed by atoms with Gasteiger partial charge >= 0.3 is 5.51 Å². The third-order valence-electron chi connectivity index (χ3n) is 15.4. The van der Waals surface area contributed by atoms with Gasteiger partial charge in [-0.1, -0.05) is 43.2 Å². The Kier molecular flexibility index (Phi) is 15.0. The number of carbonyl (C=O) groups excluding carboxylic acids is 1. The van der Waals surface area contributed by atoms with Crippen LogP contribution >= 0.6 is 11.8 Å². The number of likely N-dealkylation sites (tertiary alicyclic amines) is 1. The van der Waals surface area contributed by atoms with E-state index in [0.29, 0.717) is 63.2 Å². The van der Waals surface area contributed by atoms with Crippen molar-refractivity contribution in [2.24, 2.45) is 16.2 Å². The molecule has 3 saturated carbocycles. The van der Waals surface area contributed by atoms with Gasteiger partial charge in [-0.15, -0.1) is 11.8 Å². The predicted octanol–water partition coefficient (Wildman–Crippen LogP) is 9.15. The summed E-state index contributed by atoms with van der Waals surface area (Å²) in [4.78, 5) is 21.3. The first-order valence-corrected chi connectivity index (χ1v) is 27.9. The Morgan fingerprint density at radius 2 is 1.52 bits per heavy atom. The number of rotatable bonds is 18. The molecule has 2 aliphatic heterocycles. The van der Waals surface area contributed by atoms with E-state index in [1.165, 1.54) is 35.0 Å². The number of nitrogens with one attached hydrogen (secondary N) is 2. The number of allylic oxidation sites excluding steroid dienone is 1. The Balaban J connectivity index is 0.916. The maximum atomic E-state index is 14.3. The Morgan fingerprint density at radius 3 is 2.13 bits per heavy atom. The van der Waals surface area contributed by atoms with Crippen LogP contribution in [0.15, 0.2) is 98.6 Å². The standard InChI is InChI=1S/C50H65F5N6O5S3/c1-47(2)20-16-36(42(29-47)48-32-49(33-48,34-48)46(51)52)30-60-24-26-61(27-25-60)39-12-10-35(11-13-39)45(62)57-69(65,66)41-14-15-43(44(28-41)68(63,64)50(53,54)55)56-37(31-67-40-8-6-5-7-9-40)17-21-59-22-18-38(19-23-59)58(3)4/h5-15,28,37-38,46,56H,16-27,29-34H2,1-4H3,(H,57,62). The van der Waals surface area contributed by atoms with Gasteiger partial charge in [0, 0.05) is 78.7 Å². The first kappa shape index (κ1) is 51.6. The Bertz CT molecular complexity index is 2560. The van der Waals surface area contributed by atoms with E-state index in [-0.39, 0.29) is 16.4 Å². The SMILES string of the molecule is CN(C)C1CCN(CCC(CSc2ccccc2)Nc2ccc(S(=O)(=O)NC(=O)c3ccc(N4CCN(CC5=C(C67CC(C(F)F)(C6)C7)CC(C)(C)CC5)CC4)cc3)cc2S(=O)(=O)C(F)(F)F)CC1. The Morgan fingerprint density at radius 1 is 0.870 bits per heavy atom. The van der Waals surface area contributed by atoms with E-state index in [0.717, 1.165) is 87.5 Å². The van der Waals surface area contributed by atoms with Crippen LogP contribution in [0.25, 0.3) is 0 Å². The number of amides is 1. The van der Waals surface area contributed by atoms with E-state index in [2.05, 4.69) is 38.8 Å². The number of piperazine rings is 1. The first-order chi connectivity index (χ1) is 32.5. The normalized spacial score (nSPS) is 24.2. The molecule has 69 heavy (non-hydrogen) atoms. The molecule has 0 radical (unpaired) electrons. The van der Waals surface area contributed by atoms with Crippen LogP contribution in [0.4, 0.5) is 33.3 Å². The molecule has 2 bridgehead atoms. The van der Waals surface area contributed by atoms with Gasteiger partial charge in [0.2, 0.25) is 6.43 Å². The summed E-state index contributed by atoms with van der Waals surface area (Å²) in [6.45, 7) is 10.6. The first-order valence-electron chi connectivity index (χ1n) is 23.9. The summed E-state index contributed by atoms with van der Waals surface area (Å²) in [6.07, 6.45) is 4.96. The second-order valence-electron chi connectivity index (χ2n) is 21.0. The molecule has 378 valence electrons. The molecule has 11 nitrogen and oxygen atoms in total. The molecule has 1 amide bonds. The number of nitrogens with zero attached hydrogens (tertiary/aromatic N) is 4. The van der Waals surface area contributed by atoms with Crippen molar-refractivity contribution >= 4 is 48.9 Å². The lowest BCUT2D eigenvalue weighted by atomic mass is 9.32. The van der Waals surface area contributed by atoms with E-state index >= 15 is 0 Å². The molecule has 3 aromatic carbocycles. The summed E-state index contributed by atoms with van der Waals surface area (Å²) in [5.41, 5.74) is -3.17. The minimum absolute atomic E-state index is 0.0194. The number of alkyl halides is 5. The molecular weight excluding hydrogens is 956 g/mol. The third kappa shape index (κ3) is 11.3. The number of piperidine rings is 1. The molecule has 2 saturated heterocycles. The molecule has 19 heteroatoms. The minimum Gasteiger partial charge on any atom is -0.380 e. The lowest BCUT2D eigenvalue weighted by Gasteiger charge is -2.72. The van der Waals surface area contributed by atoms with Crippen molar-refractivity contribution in [2.45, 2.75) is 110 Å². The quantitative estimate of drug-likeness (QED) is 0.0721. The lowest BCUT2D eigenvalue weighted by Crippen LogP contribution is -2.66. The van der Waals surface area contributed by atoms with Gasteiger partial charge in [-0.05, 0) is 150 Å². The molecule has 1 unspecified atom stereocenters. The zero-order valence-corrected chi connectivity index (χ0v) is 42.3. The fraction of sp³-hybridized carbons (Fsp3) is 0.580. The van der Waals surface area contributed by atoms with E-state index in [1.807, 2.05) is 49.1 Å². The van der Waals surface area contributed by atoms with Crippen LogP contribution in [0.2, 0.25) is 0 Å². The molecule has 3 aromatic rings. The minimum atomic E-state index is -6.07. The van der Waals surface area contributed by atoms with E-state index < -0.39 is 64.6 Å². The summed E-state index contributed by atoms with van der Waals surface area (Å²) in [6, 6.07) is 18.2. The van der Waals surface area contributed by atoms with Crippen molar-refractivity contribution in [3.63, 3.8) is 0 Å². The van der Waals surface area contributed by atoms with E-state index in [9.17, 15) is 43.6 Å². The van der Waals surface area contributed by atoms with Crippen LogP contribution in [0.3, 0.4) is 0 Å². The zero-order chi connectivity index (χ0) is 49.6. The summed E-state index contributed by atoms with van der Waals surface area (Å²) in [5, 5.41) is 3.03. The average Bonchev–Trinajstić information content (AvgIpc) is 3.27. The zero-order valence-electron chi connectivity index (χ0n) is 39.8. The molecule has 4 aliphatic carbocycles. The van der Waals surface area contributed by atoms with Crippen LogP contribution in [-0.4, -0.2) is 134 Å². The molecule has 5 fully saturated rings. The van der Waals surface area contributed by atoms with Crippen molar-refractivity contribution < 1.29 is 43.6 Å². The summed E-state index contributed by atoms with van der Waals surface area (Å²) in [5.74, 6) is -0.660. The van der Waals surface area contributed by atoms with Gasteiger partial charge in [-0.2, -0.15) is 13.2 Å². The maximum absolute atomic E-state index is 14.3. The molecular formula is C50H65F5N6O5S3. The number of anilines is 2. The van der Waals surface area contributed by atoms with Gasteiger partial charge < -0.3 is 20.0 Å². The number of halogens is 5. The number of sulfone groups is 1. The second kappa shape index (κ2) is 20.0. The number of thioether (sulfide) groups is 1.